The van der Waals surface area contributed by atoms with Crippen LogP contribution in [0.1, 0.15) is 34.4 Å². The minimum absolute atomic E-state index is 0.214. The molecule has 2 N–H and O–H groups in total. The van der Waals surface area contributed by atoms with Crippen molar-refractivity contribution in [3.63, 3.8) is 0 Å². The van der Waals surface area contributed by atoms with E-state index in [9.17, 15) is 18.0 Å². The highest BCUT2D eigenvalue weighted by molar-refractivity contribution is 7.91. The lowest BCUT2D eigenvalue weighted by Crippen LogP contribution is -2.47. The fraction of sp³-hybridized carbons (Fsp3) is 0.429. The molecule has 2 heterocycles. The van der Waals surface area contributed by atoms with Crippen LogP contribution in [0.15, 0.2) is 28.5 Å². The van der Waals surface area contributed by atoms with Crippen LogP contribution in [0.25, 0.3) is 0 Å². The van der Waals surface area contributed by atoms with Crippen LogP contribution in [0.5, 0.6) is 0 Å². The Balaban J connectivity index is 1.63. The number of rotatable bonds is 6. The van der Waals surface area contributed by atoms with E-state index < -0.39 is 22.0 Å². The molecule has 0 radical (unpaired) electrons. The van der Waals surface area contributed by atoms with E-state index in [4.69, 9.17) is 0 Å². The van der Waals surface area contributed by atoms with Crippen LogP contribution >= 0.6 is 11.3 Å². The second-order valence-electron chi connectivity index (χ2n) is 7.68. The molecular formula is C21H27N3O4S2. The van der Waals surface area contributed by atoms with Gasteiger partial charge in [-0.25, -0.2) is 8.42 Å². The standard InChI is InChI=1S/C21H27N3O4S2/c1-13-10-14(2)20(15(3)11-13)23-18(25)12-22-21(26)17-6-5-9-24(17)30(27,28)19-8-7-16(4)29-19/h7-8,10-11,17H,5-6,9,12H2,1-4H3,(H,22,26)(H,23,25)/t17-/m1/s1. The molecule has 0 saturated carbocycles. The number of amides is 2. The van der Waals surface area contributed by atoms with Gasteiger partial charge in [0, 0.05) is 17.1 Å². The van der Waals surface area contributed by atoms with E-state index in [1.807, 2.05) is 39.8 Å². The molecule has 1 aromatic carbocycles. The van der Waals surface area contributed by atoms with Crippen LogP contribution in [0.4, 0.5) is 5.69 Å². The molecule has 3 rings (SSSR count). The van der Waals surface area contributed by atoms with Crippen molar-refractivity contribution in [2.75, 3.05) is 18.4 Å². The smallest absolute Gasteiger partial charge is 0.253 e. The summed E-state index contributed by atoms with van der Waals surface area (Å²) in [5.41, 5.74) is 3.75. The molecule has 1 fully saturated rings. The quantitative estimate of drug-likeness (QED) is 0.709. The fourth-order valence-electron chi connectivity index (χ4n) is 3.80. The lowest BCUT2D eigenvalue weighted by molar-refractivity contribution is -0.126. The first-order valence-electron chi connectivity index (χ1n) is 9.83. The summed E-state index contributed by atoms with van der Waals surface area (Å²) in [5, 5.41) is 5.44. The van der Waals surface area contributed by atoms with E-state index in [0.29, 0.717) is 19.4 Å². The summed E-state index contributed by atoms with van der Waals surface area (Å²) in [6.45, 7) is 7.75. The van der Waals surface area contributed by atoms with Crippen LogP contribution in [-0.2, 0) is 19.6 Å². The molecule has 2 aromatic rings. The maximum atomic E-state index is 12.9. The van der Waals surface area contributed by atoms with Gasteiger partial charge in [0.2, 0.25) is 11.8 Å². The maximum Gasteiger partial charge on any atom is 0.253 e. The molecular weight excluding hydrogens is 422 g/mol. The first-order chi connectivity index (χ1) is 14.1. The van der Waals surface area contributed by atoms with Gasteiger partial charge in [-0.2, -0.15) is 4.31 Å². The molecule has 1 aliphatic rings. The maximum absolute atomic E-state index is 12.9. The predicted molar refractivity (Wildman–Crippen MR) is 118 cm³/mol. The monoisotopic (exact) mass is 449 g/mol. The van der Waals surface area contributed by atoms with Crippen molar-refractivity contribution in [3.8, 4) is 0 Å². The average molecular weight is 450 g/mol. The normalized spacial score (nSPS) is 17.1. The number of aryl methyl sites for hydroxylation is 4. The van der Waals surface area contributed by atoms with E-state index >= 15 is 0 Å². The Labute approximate surface area is 181 Å². The van der Waals surface area contributed by atoms with Crippen molar-refractivity contribution in [2.24, 2.45) is 0 Å². The van der Waals surface area contributed by atoms with Crippen LogP contribution in [-0.4, -0.2) is 43.7 Å². The summed E-state index contributed by atoms with van der Waals surface area (Å²) in [6.07, 6.45) is 1.04. The van der Waals surface area contributed by atoms with E-state index in [2.05, 4.69) is 10.6 Å². The van der Waals surface area contributed by atoms with E-state index in [-0.39, 0.29) is 16.7 Å². The molecule has 9 heteroatoms. The Kier molecular flexibility index (Phi) is 6.64. The largest absolute Gasteiger partial charge is 0.346 e. The zero-order chi connectivity index (χ0) is 22.1. The predicted octanol–water partition coefficient (Wildman–Crippen LogP) is 2.89. The van der Waals surface area contributed by atoms with Crippen molar-refractivity contribution in [1.82, 2.24) is 9.62 Å². The van der Waals surface area contributed by atoms with Gasteiger partial charge in [-0.15, -0.1) is 11.3 Å². The summed E-state index contributed by atoms with van der Waals surface area (Å²) in [5.74, 6) is -0.795. The number of sulfonamides is 1. The molecule has 1 aliphatic heterocycles. The molecule has 1 saturated heterocycles. The Morgan fingerprint density at radius 3 is 2.40 bits per heavy atom. The number of nitrogens with one attached hydrogen (secondary N) is 2. The van der Waals surface area contributed by atoms with Crippen LogP contribution < -0.4 is 10.6 Å². The van der Waals surface area contributed by atoms with Crippen molar-refractivity contribution < 1.29 is 18.0 Å². The molecule has 1 atom stereocenters. The first-order valence-corrected chi connectivity index (χ1v) is 12.1. The highest BCUT2D eigenvalue weighted by atomic mass is 32.2. The number of anilines is 1. The van der Waals surface area contributed by atoms with Crippen LogP contribution in [0.2, 0.25) is 0 Å². The number of carbonyl (C=O) groups is 2. The summed E-state index contributed by atoms with van der Waals surface area (Å²) in [4.78, 5) is 25.9. The zero-order valence-corrected chi connectivity index (χ0v) is 19.2. The summed E-state index contributed by atoms with van der Waals surface area (Å²) < 4.78 is 27.3. The summed E-state index contributed by atoms with van der Waals surface area (Å²) in [6, 6.07) is 6.49. The van der Waals surface area contributed by atoms with Crippen molar-refractivity contribution >= 4 is 38.9 Å². The Bertz CT molecular complexity index is 1050. The van der Waals surface area contributed by atoms with Gasteiger partial charge in [-0.05, 0) is 63.8 Å². The topological polar surface area (TPSA) is 95.6 Å². The van der Waals surface area contributed by atoms with E-state index in [0.717, 1.165) is 27.3 Å². The number of carbonyl (C=O) groups excluding carboxylic acids is 2. The molecule has 0 aliphatic carbocycles. The van der Waals surface area contributed by atoms with Gasteiger partial charge in [0.25, 0.3) is 10.0 Å². The third-order valence-corrected chi connectivity index (χ3v) is 8.53. The van der Waals surface area contributed by atoms with E-state index in [1.54, 1.807) is 12.1 Å². The van der Waals surface area contributed by atoms with Gasteiger partial charge in [0.1, 0.15) is 10.3 Å². The number of benzene rings is 1. The lowest BCUT2D eigenvalue weighted by Gasteiger charge is -2.22. The Hall–Kier alpha value is -2.23. The fourth-order valence-corrected chi connectivity index (χ4v) is 6.87. The molecule has 0 bridgehead atoms. The van der Waals surface area contributed by atoms with Gasteiger partial charge >= 0.3 is 0 Å². The lowest BCUT2D eigenvalue weighted by atomic mass is 10.1. The molecule has 1 aromatic heterocycles. The molecule has 2 amide bonds. The molecule has 0 unspecified atom stereocenters. The summed E-state index contributed by atoms with van der Waals surface area (Å²) in [7, 11) is -3.72. The molecule has 30 heavy (non-hydrogen) atoms. The van der Waals surface area contributed by atoms with E-state index in [1.165, 1.54) is 15.6 Å². The number of hydrogen-bond acceptors (Lipinski definition) is 5. The third kappa shape index (κ3) is 4.74. The molecule has 0 spiro atoms. The Morgan fingerprint density at radius 1 is 1.13 bits per heavy atom. The number of thiophene rings is 1. The second-order valence-corrected chi connectivity index (χ2v) is 11.1. The average Bonchev–Trinajstić information content (AvgIpc) is 3.32. The van der Waals surface area contributed by atoms with Crippen LogP contribution in [0.3, 0.4) is 0 Å². The van der Waals surface area contributed by atoms with Gasteiger partial charge in [-0.3, -0.25) is 9.59 Å². The molecule has 162 valence electrons. The highest BCUT2D eigenvalue weighted by Crippen LogP contribution is 2.30. The first kappa shape index (κ1) is 22.5. The van der Waals surface area contributed by atoms with Gasteiger partial charge in [0.05, 0.1) is 6.54 Å². The SMILES string of the molecule is Cc1cc(C)c(NC(=O)CNC(=O)[C@H]2CCCN2S(=O)(=O)c2ccc(C)s2)c(C)c1. The minimum atomic E-state index is -3.72. The third-order valence-electron chi connectivity index (χ3n) is 5.15. The number of nitrogens with zero attached hydrogens (tertiary/aromatic N) is 1. The number of hydrogen-bond donors (Lipinski definition) is 2. The zero-order valence-electron chi connectivity index (χ0n) is 17.6. The van der Waals surface area contributed by atoms with Gasteiger partial charge in [-0.1, -0.05) is 17.7 Å². The summed E-state index contributed by atoms with van der Waals surface area (Å²) >= 11 is 1.19. The minimum Gasteiger partial charge on any atom is -0.346 e. The second kappa shape index (κ2) is 8.87. The molecule has 7 nitrogen and oxygen atoms in total. The van der Waals surface area contributed by atoms with Crippen LogP contribution in [0, 0.1) is 27.7 Å². The van der Waals surface area contributed by atoms with Crippen molar-refractivity contribution in [3.05, 3.63) is 45.8 Å². The van der Waals surface area contributed by atoms with Gasteiger partial charge in [0.15, 0.2) is 0 Å². The van der Waals surface area contributed by atoms with Crippen molar-refractivity contribution in [1.29, 1.82) is 0 Å². The highest BCUT2D eigenvalue weighted by Gasteiger charge is 2.40. The van der Waals surface area contributed by atoms with Gasteiger partial charge < -0.3 is 10.6 Å². The van der Waals surface area contributed by atoms with Crippen molar-refractivity contribution in [2.45, 2.75) is 50.8 Å². The Morgan fingerprint density at radius 2 is 1.80 bits per heavy atom.